The Kier molecular flexibility index (Phi) is 8.33. The first-order valence-corrected chi connectivity index (χ1v) is 19.4. The van der Waals surface area contributed by atoms with E-state index in [1.54, 1.807) is 0 Å². The van der Waals surface area contributed by atoms with Gasteiger partial charge in [-0.15, -0.1) is 10.2 Å². The van der Waals surface area contributed by atoms with E-state index in [2.05, 4.69) is 47.5 Å². The normalized spacial score (nSPS) is 12.2. The molecule has 0 unspecified atom stereocenters. The quantitative estimate of drug-likeness (QED) is 0.125. The summed E-state index contributed by atoms with van der Waals surface area (Å²) in [5, 5.41) is 49.5. The Morgan fingerprint density at radius 3 is 1.31 bits per heavy atom. The van der Waals surface area contributed by atoms with Crippen molar-refractivity contribution in [3.05, 3.63) is 142 Å². The number of hydrogen-bond acceptors (Lipinski definition) is 7. The monoisotopic (exact) mass is 797 g/mol. The fourth-order valence-electron chi connectivity index (χ4n) is 7.92. The summed E-state index contributed by atoms with van der Waals surface area (Å²) < 4.78 is 0. The number of aryl methyl sites for hydroxylation is 2. The van der Waals surface area contributed by atoms with Crippen molar-refractivity contribution in [1.82, 2.24) is 9.97 Å². The van der Waals surface area contributed by atoms with Crippen LogP contribution in [-0.2, 0) is 0 Å². The minimum absolute atomic E-state index is 0.0843. The molecular weight excluding hydrogens is 765 g/mol. The minimum Gasteiger partial charge on any atom is -0.505 e. The summed E-state index contributed by atoms with van der Waals surface area (Å²) in [4.78, 5) is 9.07. The lowest BCUT2D eigenvalue weighted by Gasteiger charge is -2.19. The van der Waals surface area contributed by atoms with Crippen LogP contribution in [0.15, 0.2) is 142 Å². The molecule has 0 saturated carbocycles. The molecule has 0 fully saturated rings. The van der Waals surface area contributed by atoms with E-state index in [0.717, 1.165) is 76.5 Å². The number of hydrogen-bond donors (Lipinski definition) is 4. The molecule has 0 saturated heterocycles. The molecule has 0 atom stereocenters. The summed E-state index contributed by atoms with van der Waals surface area (Å²) in [6.07, 6.45) is 0. The summed E-state index contributed by atoms with van der Waals surface area (Å²) in [5.41, 5.74) is 9.01. The Morgan fingerprint density at radius 2 is 0.897 bits per heavy atom. The van der Waals surface area contributed by atoms with Gasteiger partial charge < -0.3 is 25.1 Å². The standard InChI is InChI=1S/C47H33Cl2N7O2/c1-24-20-26-4-16-34-36-22-28(48)6-18-38(36)50-42(34)40(26)44(46(24)57)54-52-30-8-12-32(13-9-30)56(3)33-14-10-31(11-15-33)53-55-45-41-27(21-25(2)47(45)58)5-17-35-37-23-29(49)7-19-39(37)51-43(35)41/h4-23,50-51,57-58H,1-3H3. The van der Waals surface area contributed by atoms with Crippen molar-refractivity contribution in [2.24, 2.45) is 20.5 Å². The van der Waals surface area contributed by atoms with Crippen LogP contribution < -0.4 is 4.90 Å². The molecule has 2 aromatic heterocycles. The molecule has 0 bridgehead atoms. The van der Waals surface area contributed by atoms with Gasteiger partial charge in [0.15, 0.2) is 0 Å². The number of phenols is 2. The van der Waals surface area contributed by atoms with E-state index >= 15 is 0 Å². The number of aromatic amines is 2. The Morgan fingerprint density at radius 1 is 0.483 bits per heavy atom. The predicted molar refractivity (Wildman–Crippen MR) is 239 cm³/mol. The van der Waals surface area contributed by atoms with Gasteiger partial charge in [-0.2, -0.15) is 10.2 Å². The second-order valence-electron chi connectivity index (χ2n) is 14.6. The van der Waals surface area contributed by atoms with E-state index in [-0.39, 0.29) is 11.5 Å². The number of aromatic nitrogens is 2. The Balaban J connectivity index is 0.919. The number of anilines is 2. The van der Waals surface area contributed by atoms with Gasteiger partial charge in [-0.1, -0.05) is 47.5 Å². The molecule has 0 aliphatic heterocycles. The summed E-state index contributed by atoms with van der Waals surface area (Å²) in [6.45, 7) is 3.72. The molecule has 10 rings (SSSR count). The number of nitrogens with zero attached hydrogens (tertiary/aromatic N) is 5. The molecule has 0 aliphatic rings. The zero-order valence-corrected chi connectivity index (χ0v) is 32.9. The zero-order valence-electron chi connectivity index (χ0n) is 31.4. The molecule has 11 heteroatoms. The Bertz CT molecular complexity index is 3140. The molecule has 2 heterocycles. The molecule has 4 N–H and O–H groups in total. The average molecular weight is 799 g/mol. The third kappa shape index (κ3) is 5.86. The maximum atomic E-state index is 11.2. The van der Waals surface area contributed by atoms with Crippen molar-refractivity contribution in [2.45, 2.75) is 13.8 Å². The van der Waals surface area contributed by atoms with Crippen LogP contribution in [0.4, 0.5) is 34.1 Å². The molecule has 0 aliphatic carbocycles. The van der Waals surface area contributed by atoms with Gasteiger partial charge in [-0.3, -0.25) is 0 Å². The van der Waals surface area contributed by atoms with Crippen LogP contribution in [0.1, 0.15) is 11.1 Å². The van der Waals surface area contributed by atoms with Crippen LogP contribution in [0.5, 0.6) is 11.5 Å². The number of H-pyrrole nitrogens is 2. The van der Waals surface area contributed by atoms with Crippen molar-refractivity contribution in [3.8, 4) is 11.5 Å². The number of phenolic OH excluding ortho intramolecular Hbond substituents is 2. The van der Waals surface area contributed by atoms with E-state index in [9.17, 15) is 10.2 Å². The largest absolute Gasteiger partial charge is 0.505 e. The van der Waals surface area contributed by atoms with Gasteiger partial charge in [0.2, 0.25) is 0 Å². The lowest BCUT2D eigenvalue weighted by Crippen LogP contribution is -2.08. The summed E-state index contributed by atoms with van der Waals surface area (Å²) in [7, 11) is 1.98. The van der Waals surface area contributed by atoms with Crippen LogP contribution in [-0.4, -0.2) is 27.2 Å². The summed E-state index contributed by atoms with van der Waals surface area (Å²) in [5.74, 6) is 0.169. The lowest BCUT2D eigenvalue weighted by molar-refractivity contribution is 0.472. The van der Waals surface area contributed by atoms with Crippen molar-refractivity contribution >= 4 is 122 Å². The Labute approximate surface area is 341 Å². The third-order valence-electron chi connectivity index (χ3n) is 11.0. The molecule has 0 radical (unpaired) electrons. The van der Waals surface area contributed by atoms with Gasteiger partial charge in [0, 0.05) is 71.8 Å². The molecule has 9 nitrogen and oxygen atoms in total. The minimum atomic E-state index is 0.0843. The van der Waals surface area contributed by atoms with Crippen molar-refractivity contribution in [2.75, 3.05) is 11.9 Å². The third-order valence-corrected chi connectivity index (χ3v) is 11.4. The molecular formula is C47H33Cl2N7O2. The van der Waals surface area contributed by atoms with E-state index in [1.807, 2.05) is 130 Å². The van der Waals surface area contributed by atoms with Gasteiger partial charge in [0.25, 0.3) is 0 Å². The predicted octanol–water partition coefficient (Wildman–Crippen LogP) is 15.2. The SMILES string of the molecule is Cc1cc2ccc3c4cc(Cl)ccc4[nH]c3c2c(N=Nc2ccc(N(C)c3ccc(N=Nc4c(O)c(C)cc5ccc6c7cc(Cl)ccc7[nH]c6c45)cc3)cc2)c1O. The van der Waals surface area contributed by atoms with E-state index < -0.39 is 0 Å². The lowest BCUT2D eigenvalue weighted by atomic mass is 10.0. The van der Waals surface area contributed by atoms with E-state index in [1.165, 1.54) is 0 Å². The van der Waals surface area contributed by atoms with Gasteiger partial charge in [-0.05, 0) is 133 Å². The van der Waals surface area contributed by atoms with Crippen molar-refractivity contribution in [3.63, 3.8) is 0 Å². The highest BCUT2D eigenvalue weighted by atomic mass is 35.5. The molecule has 282 valence electrons. The van der Waals surface area contributed by atoms with Gasteiger partial charge >= 0.3 is 0 Å². The number of benzene rings is 8. The highest BCUT2D eigenvalue weighted by Crippen LogP contribution is 2.46. The van der Waals surface area contributed by atoms with E-state index in [0.29, 0.717) is 43.9 Å². The van der Waals surface area contributed by atoms with Crippen LogP contribution in [0.2, 0.25) is 10.0 Å². The molecule has 0 spiro atoms. The number of aromatic hydroxyl groups is 2. The second kappa shape index (κ2) is 13.6. The molecule has 58 heavy (non-hydrogen) atoms. The number of fused-ring (bicyclic) bond motifs is 10. The molecule has 8 aromatic carbocycles. The first-order chi connectivity index (χ1) is 28.1. The number of nitrogens with one attached hydrogen (secondary N) is 2. The van der Waals surface area contributed by atoms with Gasteiger partial charge in [0.05, 0.1) is 22.4 Å². The highest BCUT2D eigenvalue weighted by Gasteiger charge is 2.18. The van der Waals surface area contributed by atoms with Crippen LogP contribution in [0.3, 0.4) is 0 Å². The fourth-order valence-corrected chi connectivity index (χ4v) is 8.27. The smallest absolute Gasteiger partial charge is 0.146 e. The van der Waals surface area contributed by atoms with E-state index in [4.69, 9.17) is 23.2 Å². The van der Waals surface area contributed by atoms with Crippen LogP contribution in [0, 0.1) is 13.8 Å². The first kappa shape index (κ1) is 35.5. The number of azo groups is 2. The van der Waals surface area contributed by atoms with Gasteiger partial charge in [0.1, 0.15) is 22.9 Å². The first-order valence-electron chi connectivity index (χ1n) is 18.6. The molecule has 0 amide bonds. The number of rotatable bonds is 6. The number of halogens is 2. The highest BCUT2D eigenvalue weighted by molar-refractivity contribution is 6.33. The summed E-state index contributed by atoms with van der Waals surface area (Å²) in [6, 6.07) is 39.1. The fraction of sp³-hybridized carbons (Fsp3) is 0.0638. The average Bonchev–Trinajstić information content (AvgIpc) is 3.79. The maximum Gasteiger partial charge on any atom is 0.146 e. The topological polar surface area (TPSA) is 125 Å². The molecule has 10 aromatic rings. The maximum absolute atomic E-state index is 11.2. The van der Waals surface area contributed by atoms with Gasteiger partial charge in [-0.25, -0.2) is 0 Å². The van der Waals surface area contributed by atoms with Crippen LogP contribution >= 0.6 is 23.2 Å². The zero-order chi connectivity index (χ0) is 39.8. The summed E-state index contributed by atoms with van der Waals surface area (Å²) >= 11 is 12.7. The van der Waals surface area contributed by atoms with Crippen molar-refractivity contribution in [1.29, 1.82) is 0 Å². The Hall–Kier alpha value is -6.94. The van der Waals surface area contributed by atoms with Crippen molar-refractivity contribution < 1.29 is 10.2 Å². The van der Waals surface area contributed by atoms with Crippen LogP contribution in [0.25, 0.3) is 65.2 Å². The second-order valence-corrected chi connectivity index (χ2v) is 15.4.